The van der Waals surface area contributed by atoms with Crippen molar-refractivity contribution in [3.05, 3.63) is 35.2 Å². The molecule has 156 valence electrons. The lowest BCUT2D eigenvalue weighted by Crippen LogP contribution is -2.21. The van der Waals surface area contributed by atoms with Gasteiger partial charge in [0.25, 0.3) is 0 Å². The van der Waals surface area contributed by atoms with Crippen LogP contribution in [0.2, 0.25) is 0 Å². The number of ether oxygens (including phenoxy) is 1. The Labute approximate surface area is 173 Å². The summed E-state index contributed by atoms with van der Waals surface area (Å²) in [5.74, 6) is 0.592. The molecule has 0 saturated heterocycles. The van der Waals surface area contributed by atoms with E-state index in [0.29, 0.717) is 11.2 Å². The van der Waals surface area contributed by atoms with Crippen LogP contribution in [0.25, 0.3) is 11.3 Å². The Kier molecular flexibility index (Phi) is 11.6. The van der Waals surface area contributed by atoms with E-state index in [0.717, 1.165) is 30.2 Å². The molecule has 0 spiro atoms. The predicted molar refractivity (Wildman–Crippen MR) is 120 cm³/mol. The van der Waals surface area contributed by atoms with Gasteiger partial charge in [-0.25, -0.2) is 4.98 Å². The maximum atomic E-state index is 11.1. The van der Waals surface area contributed by atoms with Gasteiger partial charge in [-0.15, -0.1) is 11.3 Å². The van der Waals surface area contributed by atoms with Crippen molar-refractivity contribution in [1.29, 1.82) is 0 Å². The zero-order valence-corrected chi connectivity index (χ0v) is 18.6. The third-order valence-corrected chi connectivity index (χ3v) is 5.29. The third-order valence-electron chi connectivity index (χ3n) is 4.53. The van der Waals surface area contributed by atoms with Crippen LogP contribution >= 0.6 is 11.3 Å². The molecule has 6 heteroatoms. The van der Waals surface area contributed by atoms with Crippen LogP contribution in [0.5, 0.6) is 0 Å². The minimum absolute atomic E-state index is 0.0284. The number of hydrogen-bond acceptors (Lipinski definition) is 5. The number of hydrogen-bond donors (Lipinski definition) is 2. The van der Waals surface area contributed by atoms with E-state index < -0.39 is 0 Å². The van der Waals surface area contributed by atoms with E-state index in [1.807, 2.05) is 30.5 Å². The highest BCUT2D eigenvalue weighted by molar-refractivity contribution is 7.14. The van der Waals surface area contributed by atoms with Gasteiger partial charge >= 0.3 is 0 Å². The number of aryl methyl sites for hydroxylation is 1. The van der Waals surface area contributed by atoms with Gasteiger partial charge in [-0.2, -0.15) is 0 Å². The molecule has 2 aromatic rings. The highest BCUT2D eigenvalue weighted by Crippen LogP contribution is 2.25. The quantitative estimate of drug-likeness (QED) is 0.597. The lowest BCUT2D eigenvalue weighted by molar-refractivity contribution is -0.114. The smallest absolute Gasteiger partial charge is 0.239 e. The van der Waals surface area contributed by atoms with Crippen LogP contribution in [0.3, 0.4) is 0 Å². The first kappa shape index (κ1) is 24.3. The summed E-state index contributed by atoms with van der Waals surface area (Å²) in [6, 6.07) is 8.08. The van der Waals surface area contributed by atoms with E-state index in [1.165, 1.54) is 29.7 Å². The molecule has 1 aromatic heterocycles. The van der Waals surface area contributed by atoms with E-state index in [9.17, 15) is 4.79 Å². The fourth-order valence-electron chi connectivity index (χ4n) is 2.23. The van der Waals surface area contributed by atoms with Crippen molar-refractivity contribution < 1.29 is 9.53 Å². The zero-order chi connectivity index (χ0) is 20.9. The van der Waals surface area contributed by atoms with Gasteiger partial charge in [-0.1, -0.05) is 51.0 Å². The van der Waals surface area contributed by atoms with E-state index in [1.54, 1.807) is 0 Å². The lowest BCUT2D eigenvalue weighted by atomic mass is 10.1. The van der Waals surface area contributed by atoms with E-state index in [2.05, 4.69) is 44.1 Å². The molecule has 2 unspecified atom stereocenters. The number of thiazole rings is 1. The Morgan fingerprint density at radius 2 is 2.04 bits per heavy atom. The molecule has 3 N–H and O–H groups in total. The maximum absolute atomic E-state index is 11.1. The predicted octanol–water partition coefficient (Wildman–Crippen LogP) is 5.25. The third kappa shape index (κ3) is 9.44. The average Bonchev–Trinajstić information content (AvgIpc) is 3.16. The fraction of sp³-hybridized carbons (Fsp3) is 0.545. The summed E-state index contributed by atoms with van der Waals surface area (Å²) in [4.78, 5) is 15.5. The minimum atomic E-state index is -0.227. The van der Waals surface area contributed by atoms with Crippen molar-refractivity contribution in [2.75, 3.05) is 18.5 Å². The lowest BCUT2D eigenvalue weighted by Gasteiger charge is -2.12. The number of carbonyl (C=O) groups is 1. The number of amides is 1. The summed E-state index contributed by atoms with van der Waals surface area (Å²) in [6.45, 7) is 11.7. The number of nitrogens with one attached hydrogen (secondary N) is 1. The molecule has 28 heavy (non-hydrogen) atoms. The molecule has 0 saturated carbocycles. The number of rotatable bonds is 9. The van der Waals surface area contributed by atoms with Crippen molar-refractivity contribution in [3.63, 3.8) is 0 Å². The number of nitrogens with two attached hydrogens (primary N) is 1. The van der Waals surface area contributed by atoms with Crippen LogP contribution in [0, 0.1) is 12.8 Å². The van der Waals surface area contributed by atoms with Crippen molar-refractivity contribution in [3.8, 4) is 11.3 Å². The SMILES string of the molecule is CCC(C)CCOC(C)CC.Cc1cccc(-c2csc(NC(=O)CN)n2)c1. The Balaban J connectivity index is 0.000000311. The number of carbonyl (C=O) groups excluding carboxylic acids is 1. The Hall–Kier alpha value is -1.76. The van der Waals surface area contributed by atoms with Crippen LogP contribution in [0.1, 0.15) is 52.5 Å². The van der Waals surface area contributed by atoms with Crippen molar-refractivity contribution in [2.24, 2.45) is 11.7 Å². The topological polar surface area (TPSA) is 77.2 Å². The summed E-state index contributed by atoms with van der Waals surface area (Å²) in [7, 11) is 0. The summed E-state index contributed by atoms with van der Waals surface area (Å²) in [5.41, 5.74) is 8.32. The van der Waals surface area contributed by atoms with Gasteiger partial charge in [-0.05, 0) is 38.7 Å². The van der Waals surface area contributed by atoms with Crippen LogP contribution in [0.4, 0.5) is 5.13 Å². The fourth-order valence-corrected chi connectivity index (χ4v) is 2.97. The average molecular weight is 406 g/mol. The molecule has 0 aliphatic heterocycles. The summed E-state index contributed by atoms with van der Waals surface area (Å²) < 4.78 is 5.56. The van der Waals surface area contributed by atoms with Gasteiger partial charge in [0.05, 0.1) is 18.3 Å². The molecular weight excluding hydrogens is 370 g/mol. The normalized spacial score (nSPS) is 12.6. The Morgan fingerprint density at radius 1 is 1.29 bits per heavy atom. The van der Waals surface area contributed by atoms with Gasteiger partial charge < -0.3 is 15.8 Å². The highest BCUT2D eigenvalue weighted by Gasteiger charge is 2.06. The van der Waals surface area contributed by atoms with Crippen LogP contribution in [-0.2, 0) is 9.53 Å². The molecule has 2 rings (SSSR count). The number of benzene rings is 1. The molecule has 0 aliphatic rings. The molecule has 2 atom stereocenters. The first-order valence-corrected chi connectivity index (χ1v) is 10.9. The molecular formula is C22H35N3O2S. The molecule has 1 heterocycles. The molecule has 0 fully saturated rings. The summed E-state index contributed by atoms with van der Waals surface area (Å²) in [5, 5.41) is 5.14. The highest BCUT2D eigenvalue weighted by atomic mass is 32.1. The summed E-state index contributed by atoms with van der Waals surface area (Å²) in [6.07, 6.45) is 4.05. The van der Waals surface area contributed by atoms with Gasteiger partial charge in [0, 0.05) is 17.6 Å². The monoisotopic (exact) mass is 405 g/mol. The van der Waals surface area contributed by atoms with Crippen LogP contribution in [-0.4, -0.2) is 30.1 Å². The largest absolute Gasteiger partial charge is 0.379 e. The van der Waals surface area contributed by atoms with Gasteiger partial charge in [0.1, 0.15) is 0 Å². The van der Waals surface area contributed by atoms with Gasteiger partial charge in [0.15, 0.2) is 5.13 Å². The van der Waals surface area contributed by atoms with Crippen LogP contribution < -0.4 is 11.1 Å². The second kappa shape index (κ2) is 13.4. The number of nitrogens with zero attached hydrogens (tertiary/aromatic N) is 1. The Bertz CT molecular complexity index is 693. The van der Waals surface area contributed by atoms with Crippen molar-refractivity contribution >= 4 is 22.4 Å². The second-order valence-corrected chi connectivity index (χ2v) is 7.91. The maximum Gasteiger partial charge on any atom is 0.239 e. The molecule has 1 aromatic carbocycles. The summed E-state index contributed by atoms with van der Waals surface area (Å²) >= 11 is 1.40. The molecule has 0 radical (unpaired) electrons. The molecule has 0 bridgehead atoms. The van der Waals surface area contributed by atoms with E-state index in [-0.39, 0.29) is 12.5 Å². The van der Waals surface area contributed by atoms with Crippen molar-refractivity contribution in [2.45, 2.75) is 60.0 Å². The number of aromatic nitrogens is 1. The zero-order valence-electron chi connectivity index (χ0n) is 17.8. The standard InChI is InChI=1S/C12H13N3OS.C10H22O/c1-8-3-2-4-9(5-8)10-7-17-12(14-10)15-11(16)6-13;1-5-9(3)7-8-11-10(4)6-2/h2-5,7H,6,13H2,1H3,(H,14,15,16);9-10H,5-8H2,1-4H3. The van der Waals surface area contributed by atoms with Crippen molar-refractivity contribution in [1.82, 2.24) is 4.98 Å². The Morgan fingerprint density at radius 3 is 2.64 bits per heavy atom. The first-order valence-electron chi connectivity index (χ1n) is 10.0. The van der Waals surface area contributed by atoms with Crippen LogP contribution in [0.15, 0.2) is 29.6 Å². The molecule has 5 nitrogen and oxygen atoms in total. The van der Waals surface area contributed by atoms with Gasteiger partial charge in [0.2, 0.25) is 5.91 Å². The van der Waals surface area contributed by atoms with E-state index >= 15 is 0 Å². The first-order chi connectivity index (χ1) is 13.4. The molecule has 1 amide bonds. The number of anilines is 1. The molecule has 0 aliphatic carbocycles. The second-order valence-electron chi connectivity index (χ2n) is 7.05. The van der Waals surface area contributed by atoms with E-state index in [4.69, 9.17) is 10.5 Å². The minimum Gasteiger partial charge on any atom is -0.379 e. The van der Waals surface area contributed by atoms with Gasteiger partial charge in [-0.3, -0.25) is 4.79 Å².